The molecule has 0 saturated carbocycles. The number of pyridine rings is 1. The number of anilines is 1. The van der Waals surface area contributed by atoms with Crippen molar-refractivity contribution in [2.45, 2.75) is 6.54 Å². The number of rotatable bonds is 5. The molecule has 0 radical (unpaired) electrons. The van der Waals surface area contributed by atoms with Crippen LogP contribution in [0.1, 0.15) is 15.4 Å². The number of amides is 1. The van der Waals surface area contributed by atoms with Gasteiger partial charge in [-0.3, -0.25) is 9.78 Å². The standard InChI is InChI=1S/C19H18ClN3OS/c1-23(2)19(24)17-11-15(8-9-21-17)22-12-16-6-7-18(25-16)13-4-3-5-14(20)10-13/h3-11H,12H2,1-2H3,(H,21,22). The molecular formula is C19H18ClN3OS. The zero-order valence-corrected chi connectivity index (χ0v) is 15.6. The zero-order chi connectivity index (χ0) is 17.8. The van der Waals surface area contributed by atoms with Crippen molar-refractivity contribution in [1.82, 2.24) is 9.88 Å². The summed E-state index contributed by atoms with van der Waals surface area (Å²) in [6.45, 7) is 0.685. The lowest BCUT2D eigenvalue weighted by molar-refractivity contribution is 0.0822. The third-order valence-electron chi connectivity index (χ3n) is 3.62. The van der Waals surface area contributed by atoms with Crippen LogP contribution in [0.25, 0.3) is 10.4 Å². The summed E-state index contributed by atoms with van der Waals surface area (Å²) in [7, 11) is 3.43. The van der Waals surface area contributed by atoms with Crippen LogP contribution in [0.2, 0.25) is 5.02 Å². The van der Waals surface area contributed by atoms with E-state index in [1.54, 1.807) is 37.7 Å². The number of thiophene rings is 1. The highest BCUT2D eigenvalue weighted by Crippen LogP contribution is 2.30. The van der Waals surface area contributed by atoms with Gasteiger partial charge in [0.2, 0.25) is 0 Å². The highest BCUT2D eigenvalue weighted by molar-refractivity contribution is 7.15. The number of hydrogen-bond acceptors (Lipinski definition) is 4. The van der Waals surface area contributed by atoms with E-state index in [0.29, 0.717) is 12.2 Å². The van der Waals surface area contributed by atoms with Crippen molar-refractivity contribution >= 4 is 34.5 Å². The summed E-state index contributed by atoms with van der Waals surface area (Å²) in [5, 5.41) is 4.08. The molecule has 0 unspecified atom stereocenters. The Balaban J connectivity index is 1.69. The number of nitrogens with zero attached hydrogens (tertiary/aromatic N) is 2. The van der Waals surface area contributed by atoms with Crippen LogP contribution in [0.4, 0.5) is 5.69 Å². The Kier molecular flexibility index (Phi) is 5.36. The van der Waals surface area contributed by atoms with E-state index in [-0.39, 0.29) is 5.91 Å². The maximum absolute atomic E-state index is 12.0. The maximum Gasteiger partial charge on any atom is 0.272 e. The minimum Gasteiger partial charge on any atom is -0.380 e. The first kappa shape index (κ1) is 17.5. The first-order valence-electron chi connectivity index (χ1n) is 7.79. The quantitative estimate of drug-likeness (QED) is 0.702. The van der Waals surface area contributed by atoms with Crippen LogP contribution >= 0.6 is 22.9 Å². The lowest BCUT2D eigenvalue weighted by Crippen LogP contribution is -2.22. The van der Waals surface area contributed by atoms with Crippen LogP contribution in [0.5, 0.6) is 0 Å². The Morgan fingerprint density at radius 2 is 2.04 bits per heavy atom. The van der Waals surface area contributed by atoms with Crippen molar-refractivity contribution in [2.24, 2.45) is 0 Å². The molecule has 3 rings (SSSR count). The van der Waals surface area contributed by atoms with Gasteiger partial charge < -0.3 is 10.2 Å². The van der Waals surface area contributed by atoms with Crippen LogP contribution in [0.15, 0.2) is 54.7 Å². The molecule has 0 atom stereocenters. The van der Waals surface area contributed by atoms with Crippen LogP contribution in [0, 0.1) is 0 Å². The monoisotopic (exact) mass is 371 g/mol. The SMILES string of the molecule is CN(C)C(=O)c1cc(NCc2ccc(-c3cccc(Cl)c3)s2)ccn1. The van der Waals surface area contributed by atoms with E-state index in [4.69, 9.17) is 11.6 Å². The molecule has 0 aliphatic rings. The Hall–Kier alpha value is -2.37. The average Bonchev–Trinajstić information content (AvgIpc) is 3.08. The van der Waals surface area contributed by atoms with E-state index >= 15 is 0 Å². The number of hydrogen-bond donors (Lipinski definition) is 1. The lowest BCUT2D eigenvalue weighted by atomic mass is 10.2. The molecule has 0 aliphatic heterocycles. The van der Waals surface area contributed by atoms with Crippen molar-refractivity contribution in [1.29, 1.82) is 0 Å². The summed E-state index contributed by atoms with van der Waals surface area (Å²) < 4.78 is 0. The van der Waals surface area contributed by atoms with E-state index in [0.717, 1.165) is 16.3 Å². The van der Waals surface area contributed by atoms with Gasteiger partial charge in [0.25, 0.3) is 5.91 Å². The molecule has 25 heavy (non-hydrogen) atoms. The molecule has 0 spiro atoms. The summed E-state index contributed by atoms with van der Waals surface area (Å²) >= 11 is 7.78. The average molecular weight is 372 g/mol. The fraction of sp³-hybridized carbons (Fsp3) is 0.158. The van der Waals surface area contributed by atoms with E-state index in [1.165, 1.54) is 14.7 Å². The largest absolute Gasteiger partial charge is 0.380 e. The number of aromatic nitrogens is 1. The van der Waals surface area contributed by atoms with Gasteiger partial charge in [0.05, 0.1) is 0 Å². The predicted octanol–water partition coefficient (Wildman–Crippen LogP) is 4.78. The second-order valence-corrected chi connectivity index (χ2v) is 7.36. The molecule has 1 N–H and O–H groups in total. The Morgan fingerprint density at radius 3 is 2.80 bits per heavy atom. The third kappa shape index (κ3) is 4.38. The molecule has 1 amide bonds. The first-order chi connectivity index (χ1) is 12.0. The van der Waals surface area contributed by atoms with Gasteiger partial charge in [0, 0.05) is 47.3 Å². The number of carbonyl (C=O) groups is 1. The molecule has 3 aromatic rings. The van der Waals surface area contributed by atoms with Crippen LogP contribution in [0.3, 0.4) is 0 Å². The number of nitrogens with one attached hydrogen (secondary N) is 1. The molecule has 0 bridgehead atoms. The fourth-order valence-corrected chi connectivity index (χ4v) is 3.48. The molecule has 128 valence electrons. The first-order valence-corrected chi connectivity index (χ1v) is 8.98. The molecule has 2 aromatic heterocycles. The van der Waals surface area contributed by atoms with E-state index in [9.17, 15) is 4.79 Å². The minimum absolute atomic E-state index is 0.108. The van der Waals surface area contributed by atoms with Crippen molar-refractivity contribution in [3.63, 3.8) is 0 Å². The summed E-state index contributed by atoms with van der Waals surface area (Å²) in [5.41, 5.74) is 2.42. The summed E-state index contributed by atoms with van der Waals surface area (Å²) in [4.78, 5) is 20.0. The second kappa shape index (κ2) is 7.68. The summed E-state index contributed by atoms with van der Waals surface area (Å²) in [6.07, 6.45) is 1.64. The van der Waals surface area contributed by atoms with Gasteiger partial charge in [-0.1, -0.05) is 23.7 Å². The molecule has 2 heterocycles. The van der Waals surface area contributed by atoms with Crippen LogP contribution < -0.4 is 5.32 Å². The molecule has 0 fully saturated rings. The van der Waals surface area contributed by atoms with Gasteiger partial charge in [-0.15, -0.1) is 11.3 Å². The highest BCUT2D eigenvalue weighted by Gasteiger charge is 2.10. The van der Waals surface area contributed by atoms with Crippen LogP contribution in [-0.2, 0) is 6.54 Å². The molecular weight excluding hydrogens is 354 g/mol. The van der Waals surface area contributed by atoms with Crippen molar-refractivity contribution in [3.8, 4) is 10.4 Å². The Bertz CT molecular complexity index is 892. The van der Waals surface area contributed by atoms with Gasteiger partial charge in [0.15, 0.2) is 0 Å². The molecule has 0 aliphatic carbocycles. The Morgan fingerprint density at radius 1 is 1.20 bits per heavy atom. The highest BCUT2D eigenvalue weighted by atomic mass is 35.5. The Labute approximate surface area is 156 Å². The summed E-state index contributed by atoms with van der Waals surface area (Å²) in [5.74, 6) is -0.108. The molecule has 6 heteroatoms. The predicted molar refractivity (Wildman–Crippen MR) is 104 cm³/mol. The van der Waals surface area contributed by atoms with Crippen molar-refractivity contribution in [3.05, 3.63) is 70.3 Å². The number of carbonyl (C=O) groups excluding carboxylic acids is 1. The van der Waals surface area contributed by atoms with Gasteiger partial charge in [0.1, 0.15) is 5.69 Å². The third-order valence-corrected chi connectivity index (χ3v) is 4.99. The van der Waals surface area contributed by atoms with Crippen LogP contribution in [-0.4, -0.2) is 29.9 Å². The van der Waals surface area contributed by atoms with Gasteiger partial charge in [-0.25, -0.2) is 0 Å². The van der Waals surface area contributed by atoms with Crippen molar-refractivity contribution < 1.29 is 4.79 Å². The van der Waals surface area contributed by atoms with Gasteiger partial charge in [-0.2, -0.15) is 0 Å². The smallest absolute Gasteiger partial charge is 0.272 e. The van der Waals surface area contributed by atoms with E-state index in [2.05, 4.69) is 28.5 Å². The topological polar surface area (TPSA) is 45.2 Å². The van der Waals surface area contributed by atoms with Crippen molar-refractivity contribution in [2.75, 3.05) is 19.4 Å². The second-order valence-electron chi connectivity index (χ2n) is 5.76. The molecule has 0 saturated heterocycles. The van der Waals surface area contributed by atoms with E-state index in [1.807, 2.05) is 24.3 Å². The van der Waals surface area contributed by atoms with Gasteiger partial charge >= 0.3 is 0 Å². The zero-order valence-electron chi connectivity index (χ0n) is 14.0. The molecule has 4 nitrogen and oxygen atoms in total. The van der Waals surface area contributed by atoms with E-state index < -0.39 is 0 Å². The number of halogens is 1. The maximum atomic E-state index is 12.0. The normalized spacial score (nSPS) is 10.5. The summed E-state index contributed by atoms with van der Waals surface area (Å²) in [6, 6.07) is 15.7. The molecule has 1 aromatic carbocycles. The number of benzene rings is 1. The van der Waals surface area contributed by atoms with Gasteiger partial charge in [-0.05, 0) is 42.0 Å². The lowest BCUT2D eigenvalue weighted by Gasteiger charge is -2.11. The minimum atomic E-state index is -0.108. The fourth-order valence-electron chi connectivity index (χ4n) is 2.35.